The zero-order valence-electron chi connectivity index (χ0n) is 21.5. The third-order valence-electron chi connectivity index (χ3n) is 9.55. The first-order valence-corrected chi connectivity index (χ1v) is 14.5. The fraction of sp³-hybridized carbons (Fsp3) is 0.697. The van der Waals surface area contributed by atoms with Crippen LogP contribution < -0.4 is 0 Å². The van der Waals surface area contributed by atoms with Crippen LogP contribution in [0.3, 0.4) is 0 Å². The van der Waals surface area contributed by atoms with Crippen LogP contribution in [-0.4, -0.2) is 0 Å². The van der Waals surface area contributed by atoms with Gasteiger partial charge in [0.05, 0.1) is 0 Å². The minimum Gasteiger partial charge on any atom is -0.0730 e. The van der Waals surface area contributed by atoms with Crippen molar-refractivity contribution >= 4 is 0 Å². The van der Waals surface area contributed by atoms with Gasteiger partial charge in [-0.15, -0.1) is 0 Å². The molecule has 3 aliphatic carbocycles. The number of rotatable bonds is 6. The van der Waals surface area contributed by atoms with E-state index in [0.29, 0.717) is 0 Å². The molecule has 0 bridgehead atoms. The minimum atomic E-state index is 0.757. The van der Waals surface area contributed by atoms with Crippen molar-refractivity contribution in [2.24, 2.45) is 29.6 Å². The molecule has 0 N–H and O–H groups in total. The molecule has 0 amide bonds. The summed E-state index contributed by atoms with van der Waals surface area (Å²) < 4.78 is 0. The lowest BCUT2D eigenvalue weighted by atomic mass is 9.69. The van der Waals surface area contributed by atoms with E-state index in [4.69, 9.17) is 0 Å². The summed E-state index contributed by atoms with van der Waals surface area (Å²) in [5, 5.41) is 0. The summed E-state index contributed by atoms with van der Waals surface area (Å²) in [5.41, 5.74) is 2.69. The van der Waals surface area contributed by atoms with E-state index in [-0.39, 0.29) is 0 Å². The molecule has 3 saturated carbocycles. The first-order chi connectivity index (χ1) is 16.2. The molecular formula is C33H48. The number of benzene rings is 1. The van der Waals surface area contributed by atoms with Crippen LogP contribution in [0.25, 0.3) is 0 Å². The highest BCUT2D eigenvalue weighted by Gasteiger charge is 2.29. The molecule has 0 atom stereocenters. The van der Waals surface area contributed by atoms with E-state index in [0.717, 1.165) is 41.1 Å². The molecule has 0 spiro atoms. The summed E-state index contributed by atoms with van der Waals surface area (Å²) in [5.74, 6) is 12.3. The van der Waals surface area contributed by atoms with E-state index in [1.54, 1.807) is 0 Å². The van der Waals surface area contributed by atoms with Gasteiger partial charge in [0, 0.05) is 5.56 Å². The maximum atomic E-state index is 3.37. The second-order valence-corrected chi connectivity index (χ2v) is 11.6. The van der Waals surface area contributed by atoms with Crippen molar-refractivity contribution in [1.82, 2.24) is 0 Å². The molecule has 1 aromatic rings. The Bertz CT molecular complexity index is 764. The zero-order valence-corrected chi connectivity index (χ0v) is 21.5. The zero-order chi connectivity index (χ0) is 22.9. The van der Waals surface area contributed by atoms with E-state index in [2.05, 4.69) is 62.1 Å². The van der Waals surface area contributed by atoms with Crippen molar-refractivity contribution in [2.45, 2.75) is 116 Å². The van der Waals surface area contributed by atoms with Gasteiger partial charge < -0.3 is 0 Å². The van der Waals surface area contributed by atoms with E-state index in [1.807, 2.05) is 0 Å². The van der Waals surface area contributed by atoms with Crippen LogP contribution in [0.5, 0.6) is 0 Å². The predicted octanol–water partition coefficient (Wildman–Crippen LogP) is 9.69. The highest BCUT2D eigenvalue weighted by atomic mass is 14.3. The lowest BCUT2D eigenvalue weighted by Gasteiger charge is -2.37. The van der Waals surface area contributed by atoms with Crippen molar-refractivity contribution in [3.05, 3.63) is 47.5 Å². The van der Waals surface area contributed by atoms with Crippen molar-refractivity contribution in [3.63, 3.8) is 0 Å². The standard InChI is InChI=1S/C33H48/c1-3-7-27-12-20-31(21-13-27)33-24-16-29(17-25-33)9-6-5-8-28-14-22-32(23-15-28)30-18-10-26(4-2)11-19-30/h5,8,16-17,24-28,30-32H,3-4,7,10-15,18-23H2,1-2H3/t26-,27-,28-,30-,31-,32-. The van der Waals surface area contributed by atoms with Crippen molar-refractivity contribution in [1.29, 1.82) is 0 Å². The van der Waals surface area contributed by atoms with Gasteiger partial charge in [-0.05, 0) is 123 Å². The molecule has 0 heterocycles. The normalized spacial score (nSPS) is 32.9. The van der Waals surface area contributed by atoms with Crippen LogP contribution in [0.2, 0.25) is 0 Å². The highest BCUT2D eigenvalue weighted by molar-refractivity contribution is 5.39. The summed E-state index contributed by atoms with van der Waals surface area (Å²) in [6.45, 7) is 4.70. The van der Waals surface area contributed by atoms with Crippen LogP contribution in [0, 0.1) is 41.4 Å². The smallest absolute Gasteiger partial charge is 0.0249 e. The summed E-state index contributed by atoms with van der Waals surface area (Å²) in [6.07, 6.45) is 26.0. The quantitative estimate of drug-likeness (QED) is 0.383. The van der Waals surface area contributed by atoms with Crippen LogP contribution in [0.15, 0.2) is 36.4 Å². The Morgan fingerprint density at radius 1 is 0.727 bits per heavy atom. The molecule has 0 aliphatic heterocycles. The van der Waals surface area contributed by atoms with Crippen LogP contribution in [0.1, 0.15) is 127 Å². The molecule has 0 radical (unpaired) electrons. The molecule has 180 valence electrons. The van der Waals surface area contributed by atoms with Crippen LogP contribution in [-0.2, 0) is 0 Å². The van der Waals surface area contributed by atoms with Crippen LogP contribution in [0.4, 0.5) is 0 Å². The van der Waals surface area contributed by atoms with Crippen LogP contribution >= 0.6 is 0 Å². The van der Waals surface area contributed by atoms with E-state index in [1.165, 1.54) is 102 Å². The summed E-state index contributed by atoms with van der Waals surface area (Å²) in [6, 6.07) is 9.17. The fourth-order valence-corrected chi connectivity index (χ4v) is 7.22. The first kappa shape index (κ1) is 24.6. The Balaban J connectivity index is 1.18. The Kier molecular flexibility index (Phi) is 9.58. The topological polar surface area (TPSA) is 0 Å². The average Bonchev–Trinajstić information content (AvgIpc) is 2.88. The van der Waals surface area contributed by atoms with Crippen molar-refractivity contribution in [3.8, 4) is 11.8 Å². The molecule has 0 heteroatoms. The predicted molar refractivity (Wildman–Crippen MR) is 143 cm³/mol. The van der Waals surface area contributed by atoms with Crippen molar-refractivity contribution < 1.29 is 0 Å². The number of hydrogen-bond donors (Lipinski definition) is 0. The monoisotopic (exact) mass is 444 g/mol. The van der Waals surface area contributed by atoms with Gasteiger partial charge in [0.2, 0.25) is 0 Å². The van der Waals surface area contributed by atoms with E-state index < -0.39 is 0 Å². The third-order valence-corrected chi connectivity index (χ3v) is 9.55. The van der Waals surface area contributed by atoms with E-state index in [9.17, 15) is 0 Å². The minimum absolute atomic E-state index is 0.757. The molecule has 0 aromatic heterocycles. The second-order valence-electron chi connectivity index (χ2n) is 11.6. The van der Waals surface area contributed by atoms with Crippen molar-refractivity contribution in [2.75, 3.05) is 0 Å². The van der Waals surface area contributed by atoms with Gasteiger partial charge in [-0.1, -0.05) is 76.0 Å². The largest absolute Gasteiger partial charge is 0.0730 e. The van der Waals surface area contributed by atoms with Gasteiger partial charge in [0.15, 0.2) is 0 Å². The molecule has 3 fully saturated rings. The van der Waals surface area contributed by atoms with Gasteiger partial charge in [-0.2, -0.15) is 0 Å². The van der Waals surface area contributed by atoms with Gasteiger partial charge in [0.1, 0.15) is 0 Å². The SMILES string of the molecule is CCC[C@H]1CC[C@H](c2ccc(C#CC=C[C@H]3CC[C@H]([C@H]4CC[C@H](CC)CC4)CC3)cc2)CC1. The Morgan fingerprint density at radius 2 is 1.33 bits per heavy atom. The summed E-state index contributed by atoms with van der Waals surface area (Å²) in [7, 11) is 0. The Labute approximate surface area is 205 Å². The fourth-order valence-electron chi connectivity index (χ4n) is 7.22. The molecule has 0 unspecified atom stereocenters. The number of allylic oxidation sites excluding steroid dienone is 2. The Hall–Kier alpha value is -1.48. The average molecular weight is 445 g/mol. The highest BCUT2D eigenvalue weighted by Crippen LogP contribution is 2.42. The maximum absolute atomic E-state index is 3.37. The molecule has 0 nitrogen and oxygen atoms in total. The van der Waals surface area contributed by atoms with Gasteiger partial charge >= 0.3 is 0 Å². The van der Waals surface area contributed by atoms with Gasteiger partial charge in [-0.3, -0.25) is 0 Å². The second kappa shape index (κ2) is 12.8. The first-order valence-electron chi connectivity index (χ1n) is 14.5. The summed E-state index contributed by atoms with van der Waals surface area (Å²) in [4.78, 5) is 0. The third kappa shape index (κ3) is 7.25. The molecule has 0 saturated heterocycles. The van der Waals surface area contributed by atoms with E-state index >= 15 is 0 Å². The maximum Gasteiger partial charge on any atom is 0.0249 e. The molecule has 3 aliphatic rings. The molecular weight excluding hydrogens is 396 g/mol. The van der Waals surface area contributed by atoms with Gasteiger partial charge in [0.25, 0.3) is 0 Å². The Morgan fingerprint density at radius 3 is 1.94 bits per heavy atom. The van der Waals surface area contributed by atoms with Gasteiger partial charge in [-0.25, -0.2) is 0 Å². The lowest BCUT2D eigenvalue weighted by Crippen LogP contribution is -2.25. The summed E-state index contributed by atoms with van der Waals surface area (Å²) >= 11 is 0. The lowest BCUT2D eigenvalue weighted by molar-refractivity contribution is 0.154. The molecule has 1 aromatic carbocycles. The molecule has 4 rings (SSSR count). The molecule has 33 heavy (non-hydrogen) atoms. The number of hydrogen-bond acceptors (Lipinski definition) is 0.